The van der Waals surface area contributed by atoms with E-state index in [9.17, 15) is 9.59 Å². The zero-order valence-corrected chi connectivity index (χ0v) is 13.4. The number of benzene rings is 1. The van der Waals surface area contributed by atoms with E-state index in [2.05, 4.69) is 10.1 Å². The van der Waals surface area contributed by atoms with Crippen LogP contribution >= 0.6 is 11.6 Å². The molecule has 122 valence electrons. The molecule has 0 aliphatic heterocycles. The lowest BCUT2D eigenvalue weighted by Gasteiger charge is -2.21. The van der Waals surface area contributed by atoms with Gasteiger partial charge in [-0.05, 0) is 13.0 Å². The van der Waals surface area contributed by atoms with Gasteiger partial charge < -0.3 is 24.8 Å². The predicted octanol–water partition coefficient (Wildman–Crippen LogP) is 1.98. The monoisotopic (exact) mass is 330 g/mol. The molecule has 0 unspecified atom stereocenters. The summed E-state index contributed by atoms with van der Waals surface area (Å²) in [6, 6.07) is 2.40. The second kappa shape index (κ2) is 8.45. The third kappa shape index (κ3) is 4.25. The number of nitrogens with one attached hydrogen (secondary N) is 1. The quantitative estimate of drug-likeness (QED) is 0.779. The van der Waals surface area contributed by atoms with Crippen LogP contribution in [-0.4, -0.2) is 55.9 Å². The van der Waals surface area contributed by atoms with Crippen LogP contribution in [0, 0.1) is 0 Å². The molecule has 0 fully saturated rings. The number of methoxy groups -OCH3 is 2. The van der Waals surface area contributed by atoms with Crippen LogP contribution in [0.4, 0.5) is 10.5 Å². The van der Waals surface area contributed by atoms with Crippen molar-refractivity contribution < 1.29 is 24.2 Å². The first-order valence-corrected chi connectivity index (χ1v) is 6.98. The minimum absolute atomic E-state index is 0.139. The predicted molar refractivity (Wildman–Crippen MR) is 82.7 cm³/mol. The Morgan fingerprint density at radius 1 is 1.36 bits per heavy atom. The molecule has 0 spiro atoms. The Balaban J connectivity index is 3.06. The van der Waals surface area contributed by atoms with Crippen molar-refractivity contribution in [2.24, 2.45) is 0 Å². The molecule has 0 saturated carbocycles. The number of hydrogen-bond acceptors (Lipinski definition) is 5. The zero-order valence-electron chi connectivity index (χ0n) is 12.7. The van der Waals surface area contributed by atoms with Crippen LogP contribution in [0.3, 0.4) is 0 Å². The van der Waals surface area contributed by atoms with Crippen molar-refractivity contribution >= 4 is 29.3 Å². The third-order valence-electron chi connectivity index (χ3n) is 2.97. The third-order valence-corrected chi connectivity index (χ3v) is 3.29. The summed E-state index contributed by atoms with van der Waals surface area (Å²) in [5, 5.41) is 11.7. The van der Waals surface area contributed by atoms with Gasteiger partial charge in [0.2, 0.25) is 0 Å². The van der Waals surface area contributed by atoms with Crippen molar-refractivity contribution in [3.63, 3.8) is 0 Å². The van der Waals surface area contributed by atoms with E-state index < -0.39 is 12.0 Å². The molecule has 0 aliphatic carbocycles. The van der Waals surface area contributed by atoms with E-state index in [1.807, 2.05) is 0 Å². The molecule has 1 aromatic carbocycles. The Hall–Kier alpha value is -1.99. The van der Waals surface area contributed by atoms with E-state index in [-0.39, 0.29) is 29.5 Å². The number of hydrogen-bond donors (Lipinski definition) is 2. The molecular weight excluding hydrogens is 312 g/mol. The molecule has 2 amide bonds. The number of halogens is 1. The van der Waals surface area contributed by atoms with Gasteiger partial charge in [-0.1, -0.05) is 11.6 Å². The smallest absolute Gasteiger partial charge is 0.341 e. The number of aliphatic hydroxyl groups excluding tert-OH is 1. The van der Waals surface area contributed by atoms with Gasteiger partial charge in [0.1, 0.15) is 11.3 Å². The van der Waals surface area contributed by atoms with Gasteiger partial charge in [0.25, 0.3) is 0 Å². The Morgan fingerprint density at radius 2 is 2.05 bits per heavy atom. The number of carbonyl (C=O) groups is 2. The summed E-state index contributed by atoms with van der Waals surface area (Å²) >= 11 is 6.08. The van der Waals surface area contributed by atoms with Gasteiger partial charge in [0, 0.05) is 19.2 Å². The van der Waals surface area contributed by atoms with Crippen molar-refractivity contribution in [2.75, 3.05) is 39.2 Å². The van der Waals surface area contributed by atoms with Crippen molar-refractivity contribution in [3.05, 3.63) is 22.7 Å². The number of rotatable bonds is 6. The van der Waals surface area contributed by atoms with Crippen molar-refractivity contribution in [2.45, 2.75) is 6.92 Å². The molecule has 0 bridgehead atoms. The number of aliphatic hydroxyl groups is 1. The maximum absolute atomic E-state index is 12.1. The van der Waals surface area contributed by atoms with Gasteiger partial charge >= 0.3 is 12.0 Å². The first kappa shape index (κ1) is 18.1. The molecule has 2 N–H and O–H groups in total. The molecule has 0 heterocycles. The topological polar surface area (TPSA) is 88.1 Å². The number of carbonyl (C=O) groups excluding carboxylic acids is 2. The fourth-order valence-electron chi connectivity index (χ4n) is 1.81. The molecule has 22 heavy (non-hydrogen) atoms. The number of anilines is 1. The highest BCUT2D eigenvalue weighted by Gasteiger charge is 2.19. The summed E-state index contributed by atoms with van der Waals surface area (Å²) in [4.78, 5) is 25.1. The minimum atomic E-state index is -0.591. The van der Waals surface area contributed by atoms with E-state index in [1.165, 1.54) is 31.3 Å². The lowest BCUT2D eigenvalue weighted by Crippen LogP contribution is -2.36. The first-order chi connectivity index (χ1) is 10.5. The molecule has 0 aliphatic rings. The van der Waals surface area contributed by atoms with Crippen LogP contribution in [0.25, 0.3) is 0 Å². The average Bonchev–Trinajstić information content (AvgIpc) is 2.52. The summed E-state index contributed by atoms with van der Waals surface area (Å²) in [6.07, 6.45) is 0. The maximum atomic E-state index is 12.1. The van der Waals surface area contributed by atoms with Crippen LogP contribution in [-0.2, 0) is 4.74 Å². The average molecular weight is 331 g/mol. The van der Waals surface area contributed by atoms with Gasteiger partial charge in [-0.25, -0.2) is 9.59 Å². The number of urea groups is 1. The highest BCUT2D eigenvalue weighted by Crippen LogP contribution is 2.31. The van der Waals surface area contributed by atoms with Gasteiger partial charge in [0.05, 0.1) is 31.5 Å². The molecule has 1 rings (SSSR count). The lowest BCUT2D eigenvalue weighted by atomic mass is 10.1. The molecule has 0 saturated heterocycles. The number of amides is 2. The lowest BCUT2D eigenvalue weighted by molar-refractivity contribution is 0.0597. The number of ether oxygens (including phenoxy) is 2. The van der Waals surface area contributed by atoms with Gasteiger partial charge in [-0.3, -0.25) is 0 Å². The van der Waals surface area contributed by atoms with E-state index >= 15 is 0 Å². The van der Waals surface area contributed by atoms with Gasteiger partial charge in [-0.15, -0.1) is 0 Å². The van der Waals surface area contributed by atoms with E-state index in [4.69, 9.17) is 21.4 Å². The molecule has 8 heteroatoms. The van der Waals surface area contributed by atoms with E-state index in [1.54, 1.807) is 6.92 Å². The molecular formula is C14H19ClN2O5. The summed E-state index contributed by atoms with van der Waals surface area (Å²) in [5.41, 5.74) is 0.461. The van der Waals surface area contributed by atoms with E-state index in [0.29, 0.717) is 12.2 Å². The maximum Gasteiger partial charge on any atom is 0.341 e. The van der Waals surface area contributed by atoms with Crippen molar-refractivity contribution in [1.82, 2.24) is 4.90 Å². The van der Waals surface area contributed by atoms with Crippen LogP contribution < -0.4 is 10.1 Å². The van der Waals surface area contributed by atoms with Crippen LogP contribution in [0.1, 0.15) is 17.3 Å². The van der Waals surface area contributed by atoms with Gasteiger partial charge in [0.15, 0.2) is 0 Å². The Labute approximate surface area is 133 Å². The Kier molecular flexibility index (Phi) is 6.94. The Morgan fingerprint density at radius 3 is 2.55 bits per heavy atom. The van der Waals surface area contributed by atoms with E-state index in [0.717, 1.165) is 0 Å². The first-order valence-electron chi connectivity index (χ1n) is 6.61. The second-order valence-corrected chi connectivity index (χ2v) is 4.66. The second-order valence-electron chi connectivity index (χ2n) is 4.26. The fraction of sp³-hybridized carbons (Fsp3) is 0.429. The minimum Gasteiger partial charge on any atom is -0.496 e. The normalized spacial score (nSPS) is 10.0. The summed E-state index contributed by atoms with van der Waals surface area (Å²) in [7, 11) is 2.64. The molecule has 0 radical (unpaired) electrons. The van der Waals surface area contributed by atoms with Crippen molar-refractivity contribution in [3.8, 4) is 5.75 Å². The Bertz CT molecular complexity index is 550. The van der Waals surface area contributed by atoms with Crippen LogP contribution in [0.2, 0.25) is 5.02 Å². The summed E-state index contributed by atoms with van der Waals surface area (Å²) in [5.74, 6) is -0.358. The zero-order chi connectivity index (χ0) is 16.7. The van der Waals surface area contributed by atoms with Crippen LogP contribution in [0.15, 0.2) is 12.1 Å². The summed E-state index contributed by atoms with van der Waals surface area (Å²) < 4.78 is 9.76. The molecule has 0 atom stereocenters. The number of nitrogens with zero attached hydrogens (tertiary/aromatic N) is 1. The summed E-state index contributed by atoms with van der Waals surface area (Å²) in [6.45, 7) is 2.29. The van der Waals surface area contributed by atoms with Crippen LogP contribution in [0.5, 0.6) is 5.75 Å². The highest BCUT2D eigenvalue weighted by atomic mass is 35.5. The molecule has 0 aromatic heterocycles. The highest BCUT2D eigenvalue weighted by molar-refractivity contribution is 6.34. The molecule has 7 nitrogen and oxygen atoms in total. The SMILES string of the molecule is CCN(CCO)C(=O)Nc1cc(OC)c(C(=O)OC)cc1Cl. The number of esters is 1. The fourth-order valence-corrected chi connectivity index (χ4v) is 2.02. The van der Waals surface area contributed by atoms with Crippen molar-refractivity contribution in [1.29, 1.82) is 0 Å². The largest absolute Gasteiger partial charge is 0.496 e. The van der Waals surface area contributed by atoms with Gasteiger partial charge in [-0.2, -0.15) is 0 Å². The standard InChI is InChI=1S/C14H19ClN2O5/c1-4-17(5-6-18)14(20)16-11-8-12(21-2)9(7-10(11)15)13(19)22-3/h7-8,18H,4-6H2,1-3H3,(H,16,20). The number of likely N-dealkylation sites (N-methyl/N-ethyl adjacent to an activating group) is 1. The molecule has 1 aromatic rings.